The van der Waals surface area contributed by atoms with Gasteiger partial charge in [-0.3, -0.25) is 4.57 Å². The van der Waals surface area contributed by atoms with Crippen LogP contribution in [0.4, 0.5) is 0 Å². The van der Waals surface area contributed by atoms with Gasteiger partial charge in [-0.2, -0.15) is 4.57 Å². The third kappa shape index (κ3) is 2.19. The van der Waals surface area contributed by atoms with E-state index < -0.39 is 0 Å². The van der Waals surface area contributed by atoms with Crippen molar-refractivity contribution in [1.82, 2.24) is 14.1 Å². The lowest BCUT2D eigenvalue weighted by molar-refractivity contribution is -0.645. The zero-order valence-electron chi connectivity index (χ0n) is 16.8. The Morgan fingerprint density at radius 2 is 1.35 bits per heavy atom. The predicted molar refractivity (Wildman–Crippen MR) is 123 cm³/mol. The lowest BCUT2D eigenvalue weighted by Gasteiger charge is -2.07. The van der Waals surface area contributed by atoms with Crippen molar-refractivity contribution in [2.45, 2.75) is 6.54 Å². The molecule has 1 aliphatic rings. The quantitative estimate of drug-likeness (QED) is 0.363. The molecule has 1 aliphatic heterocycles. The number of pyridine rings is 1. The predicted octanol–water partition coefficient (Wildman–Crippen LogP) is 5.29. The molecule has 146 valence electrons. The molecule has 3 aromatic carbocycles. The molecule has 0 saturated heterocycles. The van der Waals surface area contributed by atoms with Gasteiger partial charge in [-0.05, 0) is 42.5 Å². The number of para-hydroxylation sites is 2. The highest BCUT2D eigenvalue weighted by atomic mass is 15.3. The highest BCUT2D eigenvalue weighted by molar-refractivity contribution is 6.04. The van der Waals surface area contributed by atoms with Crippen molar-refractivity contribution in [3.05, 3.63) is 109 Å². The van der Waals surface area contributed by atoms with Gasteiger partial charge in [-0.25, -0.2) is 9.55 Å². The molecular weight excluding hydrogens is 380 g/mol. The van der Waals surface area contributed by atoms with Gasteiger partial charge in [-0.1, -0.05) is 54.6 Å². The Labute approximate surface area is 179 Å². The molecule has 0 spiro atoms. The Hall–Kier alpha value is -4.18. The van der Waals surface area contributed by atoms with Gasteiger partial charge in [0.05, 0.1) is 16.6 Å². The maximum Gasteiger partial charge on any atom is 0.297 e. The Morgan fingerprint density at radius 1 is 0.677 bits per heavy atom. The van der Waals surface area contributed by atoms with Crippen molar-refractivity contribution in [3.63, 3.8) is 0 Å². The van der Waals surface area contributed by atoms with Crippen LogP contribution in [0, 0.1) is 0 Å². The van der Waals surface area contributed by atoms with E-state index in [2.05, 4.69) is 105 Å². The Balaban J connectivity index is 1.74. The molecule has 4 heteroatoms. The minimum absolute atomic E-state index is 0.866. The summed E-state index contributed by atoms with van der Waals surface area (Å²) in [5.41, 5.74) is 8.27. The molecule has 4 nitrogen and oxygen atoms in total. The first kappa shape index (κ1) is 16.6. The molecule has 0 radical (unpaired) electrons. The van der Waals surface area contributed by atoms with Gasteiger partial charge in [0.2, 0.25) is 5.52 Å². The van der Waals surface area contributed by atoms with Crippen molar-refractivity contribution in [2.75, 3.05) is 0 Å². The highest BCUT2D eigenvalue weighted by Gasteiger charge is 2.38. The number of hydrogen-bond acceptors (Lipinski definition) is 1. The van der Waals surface area contributed by atoms with E-state index in [4.69, 9.17) is 4.98 Å². The van der Waals surface area contributed by atoms with Gasteiger partial charge >= 0.3 is 0 Å². The number of aromatic nitrogens is 4. The number of benzene rings is 3. The van der Waals surface area contributed by atoms with Crippen LogP contribution in [-0.4, -0.2) is 14.1 Å². The van der Waals surface area contributed by atoms with Crippen molar-refractivity contribution < 1.29 is 4.57 Å². The zero-order chi connectivity index (χ0) is 20.4. The first-order valence-electron chi connectivity index (χ1n) is 10.5. The van der Waals surface area contributed by atoms with Crippen molar-refractivity contribution >= 4 is 22.2 Å². The van der Waals surface area contributed by atoms with Crippen molar-refractivity contribution in [3.8, 4) is 22.8 Å². The number of rotatable bonds is 2. The summed E-state index contributed by atoms with van der Waals surface area (Å²) in [4.78, 5) is 4.81. The Bertz CT molecular complexity index is 1590. The van der Waals surface area contributed by atoms with E-state index in [1.807, 2.05) is 12.3 Å². The van der Waals surface area contributed by atoms with Gasteiger partial charge in [-0.15, -0.1) is 0 Å². The molecule has 0 N–H and O–H groups in total. The molecule has 7 rings (SSSR count). The SMILES string of the molecule is c1ccc(-n2c3[n+](c4c5cccnc5n(-c5ccccc5)c42)Cc2ccccc2-3)cc1. The first-order valence-corrected chi connectivity index (χ1v) is 10.5. The van der Waals surface area contributed by atoms with Crippen LogP contribution >= 0.6 is 0 Å². The molecule has 6 aromatic rings. The van der Waals surface area contributed by atoms with Crippen LogP contribution in [0.5, 0.6) is 0 Å². The van der Waals surface area contributed by atoms with E-state index in [0.717, 1.165) is 29.2 Å². The van der Waals surface area contributed by atoms with E-state index >= 15 is 0 Å². The summed E-state index contributed by atoms with van der Waals surface area (Å²) >= 11 is 0. The van der Waals surface area contributed by atoms with Crippen LogP contribution in [0.3, 0.4) is 0 Å². The Morgan fingerprint density at radius 3 is 2.13 bits per heavy atom. The van der Waals surface area contributed by atoms with E-state index in [9.17, 15) is 0 Å². The van der Waals surface area contributed by atoms with Crippen molar-refractivity contribution in [2.24, 2.45) is 0 Å². The normalized spacial score (nSPS) is 12.4. The van der Waals surface area contributed by atoms with Crippen molar-refractivity contribution in [1.29, 1.82) is 0 Å². The fourth-order valence-corrected chi connectivity index (χ4v) is 5.00. The minimum Gasteiger partial charge on any atom is -0.257 e. The number of imidazole rings is 1. The number of fused-ring (bicyclic) bond motifs is 7. The van der Waals surface area contributed by atoms with Gasteiger partial charge in [0, 0.05) is 11.8 Å². The molecule has 3 aromatic heterocycles. The summed E-state index contributed by atoms with van der Waals surface area (Å²) < 4.78 is 7.15. The van der Waals surface area contributed by atoms with E-state index in [0.29, 0.717) is 0 Å². The first-order chi connectivity index (χ1) is 15.4. The number of nitrogens with zero attached hydrogens (tertiary/aromatic N) is 4. The summed E-state index contributed by atoms with van der Waals surface area (Å²) in [5, 5.41) is 1.17. The van der Waals surface area contributed by atoms with Gasteiger partial charge in [0.15, 0.2) is 5.65 Å². The van der Waals surface area contributed by atoms with Crippen LogP contribution in [0.2, 0.25) is 0 Å². The van der Waals surface area contributed by atoms with Gasteiger partial charge in [0.1, 0.15) is 12.2 Å². The van der Waals surface area contributed by atoms with Crippen LogP contribution < -0.4 is 4.57 Å². The second-order valence-electron chi connectivity index (χ2n) is 7.96. The zero-order valence-corrected chi connectivity index (χ0v) is 16.8. The Kier molecular flexibility index (Phi) is 3.30. The van der Waals surface area contributed by atoms with E-state index in [-0.39, 0.29) is 0 Å². The fourth-order valence-electron chi connectivity index (χ4n) is 5.00. The van der Waals surface area contributed by atoms with E-state index in [1.54, 1.807) is 0 Å². The number of hydrogen-bond donors (Lipinski definition) is 0. The molecular formula is C27H19N4+. The monoisotopic (exact) mass is 399 g/mol. The minimum atomic E-state index is 0.866. The summed E-state index contributed by atoms with van der Waals surface area (Å²) in [6, 6.07) is 34.1. The lowest BCUT2D eigenvalue weighted by atomic mass is 10.1. The summed E-state index contributed by atoms with van der Waals surface area (Å²) in [7, 11) is 0. The summed E-state index contributed by atoms with van der Waals surface area (Å²) in [6.07, 6.45) is 1.88. The second kappa shape index (κ2) is 6.16. The molecule has 0 unspecified atom stereocenters. The molecule has 0 bridgehead atoms. The molecule has 4 heterocycles. The van der Waals surface area contributed by atoms with Crippen LogP contribution in [0.1, 0.15) is 5.56 Å². The largest absolute Gasteiger partial charge is 0.297 e. The molecule has 0 saturated carbocycles. The maximum atomic E-state index is 4.81. The fraction of sp³-hybridized carbons (Fsp3) is 0.0370. The van der Waals surface area contributed by atoms with Crippen LogP contribution in [0.25, 0.3) is 45.0 Å². The topological polar surface area (TPSA) is 26.6 Å². The molecule has 0 aliphatic carbocycles. The van der Waals surface area contributed by atoms with Crippen LogP contribution in [0.15, 0.2) is 103 Å². The average Bonchev–Trinajstić information content (AvgIpc) is 3.46. The standard InChI is InChI=1S/C27H19N4/c1-3-11-20(12-4-1)30-25-23(16-9-17-28-25)24-27(30)31(21-13-5-2-6-14-21)26-22-15-8-7-10-19(22)18-29(24)26/h1-17H,18H2/q+1. The highest BCUT2D eigenvalue weighted by Crippen LogP contribution is 2.38. The third-order valence-corrected chi connectivity index (χ3v) is 6.24. The van der Waals surface area contributed by atoms with Gasteiger partial charge in [0.25, 0.3) is 11.5 Å². The van der Waals surface area contributed by atoms with E-state index in [1.165, 1.54) is 27.9 Å². The average molecular weight is 399 g/mol. The third-order valence-electron chi connectivity index (χ3n) is 6.24. The van der Waals surface area contributed by atoms with Crippen LogP contribution in [-0.2, 0) is 6.54 Å². The summed E-state index contributed by atoms with van der Waals surface area (Å²) in [6.45, 7) is 0.866. The molecule has 0 amide bonds. The second-order valence-corrected chi connectivity index (χ2v) is 7.96. The molecule has 0 atom stereocenters. The molecule has 0 fully saturated rings. The molecule has 31 heavy (non-hydrogen) atoms. The van der Waals surface area contributed by atoms with Gasteiger partial charge < -0.3 is 0 Å². The summed E-state index contributed by atoms with van der Waals surface area (Å²) in [5.74, 6) is 1.22. The lowest BCUT2D eigenvalue weighted by Crippen LogP contribution is -2.31. The smallest absolute Gasteiger partial charge is 0.257 e. The maximum absolute atomic E-state index is 4.81.